The van der Waals surface area contributed by atoms with Gasteiger partial charge in [-0.05, 0) is 6.08 Å². The number of hydrogen-bond donors (Lipinski definition) is 2. The highest BCUT2D eigenvalue weighted by atomic mass is 16.5. The van der Waals surface area contributed by atoms with Crippen molar-refractivity contribution in [3.63, 3.8) is 0 Å². The van der Waals surface area contributed by atoms with E-state index in [0.29, 0.717) is 5.57 Å². The molecule has 0 bridgehead atoms. The molecule has 2 aliphatic rings. The van der Waals surface area contributed by atoms with Crippen LogP contribution in [0.25, 0.3) is 0 Å². The van der Waals surface area contributed by atoms with Crippen molar-refractivity contribution >= 4 is 5.97 Å². The number of carboxylic acid groups (broad SMARTS) is 1. The fraction of sp³-hybridized carbons (Fsp3) is 0.571. The van der Waals surface area contributed by atoms with Gasteiger partial charge in [0.25, 0.3) is 0 Å². The second-order valence-corrected chi connectivity index (χ2v) is 2.93. The molecule has 60 valence electrons. The minimum Gasteiger partial charge on any atom is -0.478 e. The SMILES string of the molecule is O=C(O)C1=CC2(CNC2)OC1. The molecule has 0 amide bonds. The van der Waals surface area contributed by atoms with Crippen molar-refractivity contribution in [2.45, 2.75) is 5.60 Å². The van der Waals surface area contributed by atoms with E-state index >= 15 is 0 Å². The highest BCUT2D eigenvalue weighted by Crippen LogP contribution is 2.26. The molecule has 1 fully saturated rings. The molecule has 0 aromatic heterocycles. The zero-order valence-corrected chi connectivity index (χ0v) is 5.96. The lowest BCUT2D eigenvalue weighted by Crippen LogP contribution is -2.58. The number of carbonyl (C=O) groups is 1. The van der Waals surface area contributed by atoms with Crippen molar-refractivity contribution < 1.29 is 14.6 Å². The van der Waals surface area contributed by atoms with Crippen molar-refractivity contribution in [1.82, 2.24) is 5.32 Å². The maximum absolute atomic E-state index is 10.5. The second kappa shape index (κ2) is 2.06. The summed E-state index contributed by atoms with van der Waals surface area (Å²) in [7, 11) is 0. The Bertz CT molecular complexity index is 230. The molecule has 2 aliphatic heterocycles. The van der Waals surface area contributed by atoms with Crippen LogP contribution in [0.1, 0.15) is 0 Å². The minimum atomic E-state index is -0.867. The molecule has 2 rings (SSSR count). The molecule has 1 spiro atoms. The summed E-state index contributed by atoms with van der Waals surface area (Å²) in [6.45, 7) is 1.73. The van der Waals surface area contributed by atoms with Gasteiger partial charge in [0.2, 0.25) is 0 Å². The monoisotopic (exact) mass is 155 g/mol. The Morgan fingerprint density at radius 3 is 2.73 bits per heavy atom. The third-order valence-electron chi connectivity index (χ3n) is 2.08. The van der Waals surface area contributed by atoms with Gasteiger partial charge >= 0.3 is 5.97 Å². The Morgan fingerprint density at radius 1 is 1.73 bits per heavy atom. The number of hydrogen-bond acceptors (Lipinski definition) is 3. The first-order valence-electron chi connectivity index (χ1n) is 3.52. The van der Waals surface area contributed by atoms with Crippen LogP contribution in [-0.4, -0.2) is 36.4 Å². The maximum atomic E-state index is 10.5. The van der Waals surface area contributed by atoms with Crippen LogP contribution in [0.3, 0.4) is 0 Å². The van der Waals surface area contributed by atoms with Gasteiger partial charge in [0, 0.05) is 13.1 Å². The van der Waals surface area contributed by atoms with Crippen molar-refractivity contribution in [2.24, 2.45) is 0 Å². The molecular weight excluding hydrogens is 146 g/mol. The molecule has 2 N–H and O–H groups in total. The molecule has 1 saturated heterocycles. The molecule has 11 heavy (non-hydrogen) atoms. The molecule has 0 aromatic carbocycles. The number of nitrogens with one attached hydrogen (secondary N) is 1. The number of carboxylic acids is 1. The van der Waals surface area contributed by atoms with Gasteiger partial charge in [-0.25, -0.2) is 4.79 Å². The van der Waals surface area contributed by atoms with Crippen LogP contribution in [0.4, 0.5) is 0 Å². The van der Waals surface area contributed by atoms with Gasteiger partial charge < -0.3 is 15.2 Å². The summed E-state index contributed by atoms with van der Waals surface area (Å²) in [6.07, 6.45) is 1.71. The summed E-state index contributed by atoms with van der Waals surface area (Å²) in [5.74, 6) is -0.867. The summed E-state index contributed by atoms with van der Waals surface area (Å²) in [4.78, 5) is 10.5. The highest BCUT2D eigenvalue weighted by Gasteiger charge is 2.41. The topological polar surface area (TPSA) is 58.6 Å². The fourth-order valence-corrected chi connectivity index (χ4v) is 1.32. The van der Waals surface area contributed by atoms with E-state index < -0.39 is 5.97 Å². The van der Waals surface area contributed by atoms with E-state index in [4.69, 9.17) is 9.84 Å². The third-order valence-corrected chi connectivity index (χ3v) is 2.08. The first-order valence-corrected chi connectivity index (χ1v) is 3.52. The van der Waals surface area contributed by atoms with E-state index in [0.717, 1.165) is 13.1 Å². The molecule has 4 nitrogen and oxygen atoms in total. The predicted octanol–water partition coefficient (Wildman–Crippen LogP) is -0.630. The first-order chi connectivity index (χ1) is 5.22. The second-order valence-electron chi connectivity index (χ2n) is 2.93. The van der Waals surface area contributed by atoms with Crippen LogP contribution in [-0.2, 0) is 9.53 Å². The van der Waals surface area contributed by atoms with Crippen LogP contribution in [0.15, 0.2) is 11.6 Å². The van der Waals surface area contributed by atoms with Crippen LogP contribution >= 0.6 is 0 Å². The van der Waals surface area contributed by atoms with Gasteiger partial charge in [-0.1, -0.05) is 0 Å². The van der Waals surface area contributed by atoms with E-state index in [2.05, 4.69) is 5.32 Å². The van der Waals surface area contributed by atoms with Crippen molar-refractivity contribution in [2.75, 3.05) is 19.7 Å². The van der Waals surface area contributed by atoms with Crippen molar-refractivity contribution in [3.05, 3.63) is 11.6 Å². The molecule has 0 radical (unpaired) electrons. The number of aliphatic carboxylic acids is 1. The summed E-state index contributed by atoms with van der Waals surface area (Å²) in [6, 6.07) is 0. The Kier molecular flexibility index (Phi) is 1.27. The van der Waals surface area contributed by atoms with Gasteiger partial charge in [0.1, 0.15) is 5.60 Å². The quantitative estimate of drug-likeness (QED) is 0.529. The number of ether oxygens (including phenoxy) is 1. The van der Waals surface area contributed by atoms with Gasteiger partial charge in [-0.3, -0.25) is 0 Å². The molecule has 0 saturated carbocycles. The fourth-order valence-electron chi connectivity index (χ4n) is 1.32. The summed E-state index contributed by atoms with van der Waals surface area (Å²) in [5.41, 5.74) is 0.0970. The van der Waals surface area contributed by atoms with E-state index in [1.54, 1.807) is 6.08 Å². The number of rotatable bonds is 1. The van der Waals surface area contributed by atoms with Crippen LogP contribution in [0.5, 0.6) is 0 Å². The minimum absolute atomic E-state index is 0.247. The Labute approximate surface area is 63.8 Å². The molecule has 0 atom stereocenters. The molecule has 0 unspecified atom stereocenters. The normalized spacial score (nSPS) is 26.4. The first kappa shape index (κ1) is 6.82. The summed E-state index contributed by atoms with van der Waals surface area (Å²) in [5, 5.41) is 11.6. The van der Waals surface area contributed by atoms with Crippen LogP contribution < -0.4 is 5.32 Å². The van der Waals surface area contributed by atoms with Crippen LogP contribution in [0.2, 0.25) is 0 Å². The van der Waals surface area contributed by atoms with E-state index in [1.807, 2.05) is 0 Å². The van der Waals surface area contributed by atoms with Gasteiger partial charge in [-0.15, -0.1) is 0 Å². The van der Waals surface area contributed by atoms with Crippen molar-refractivity contribution in [3.8, 4) is 0 Å². The highest BCUT2D eigenvalue weighted by molar-refractivity contribution is 5.87. The average Bonchev–Trinajstić information content (AvgIpc) is 2.28. The zero-order valence-electron chi connectivity index (χ0n) is 5.96. The van der Waals surface area contributed by atoms with E-state index in [9.17, 15) is 4.79 Å². The van der Waals surface area contributed by atoms with Gasteiger partial charge in [0.05, 0.1) is 12.2 Å². The van der Waals surface area contributed by atoms with Crippen molar-refractivity contribution in [1.29, 1.82) is 0 Å². The standard InChI is InChI=1S/C7H9NO3/c9-6(10)5-1-7(11-2-5)3-8-4-7/h1,8H,2-4H2,(H,9,10). The summed E-state index contributed by atoms with van der Waals surface area (Å²) < 4.78 is 5.31. The molecular formula is C7H9NO3. The lowest BCUT2D eigenvalue weighted by molar-refractivity contribution is -0.133. The third kappa shape index (κ3) is 0.948. The van der Waals surface area contributed by atoms with E-state index in [-0.39, 0.29) is 12.2 Å². The van der Waals surface area contributed by atoms with E-state index in [1.165, 1.54) is 0 Å². The predicted molar refractivity (Wildman–Crippen MR) is 37.3 cm³/mol. The van der Waals surface area contributed by atoms with Gasteiger partial charge in [0.15, 0.2) is 0 Å². The Morgan fingerprint density at radius 2 is 2.45 bits per heavy atom. The summed E-state index contributed by atoms with van der Waals surface area (Å²) >= 11 is 0. The smallest absolute Gasteiger partial charge is 0.333 e. The molecule has 2 heterocycles. The maximum Gasteiger partial charge on any atom is 0.333 e. The molecule has 4 heteroatoms. The largest absolute Gasteiger partial charge is 0.478 e. The average molecular weight is 155 g/mol. The zero-order chi connectivity index (χ0) is 7.90. The lowest BCUT2D eigenvalue weighted by atomic mass is 9.96. The Hall–Kier alpha value is -0.870. The Balaban J connectivity index is 2.15. The van der Waals surface area contributed by atoms with Crippen LogP contribution in [0, 0.1) is 0 Å². The molecule has 0 aliphatic carbocycles. The lowest BCUT2D eigenvalue weighted by Gasteiger charge is -2.36. The molecule has 0 aromatic rings. The van der Waals surface area contributed by atoms with Gasteiger partial charge in [-0.2, -0.15) is 0 Å².